The highest BCUT2D eigenvalue weighted by atomic mass is 35.5. The quantitative estimate of drug-likeness (QED) is 0.498. The molecule has 0 aliphatic heterocycles. The van der Waals surface area contributed by atoms with Gasteiger partial charge in [-0.05, 0) is 29.8 Å². The molecule has 8 heteroatoms. The number of nitrogens with zero attached hydrogens (tertiary/aromatic N) is 4. The van der Waals surface area contributed by atoms with E-state index in [1.807, 2.05) is 24.3 Å². The molecule has 2 aromatic carbocycles. The molecular weight excluding hydrogens is 375 g/mol. The Bertz CT molecular complexity index is 1160. The van der Waals surface area contributed by atoms with Crippen molar-refractivity contribution in [2.24, 2.45) is 0 Å². The molecule has 4 rings (SSSR count). The lowest BCUT2D eigenvalue weighted by molar-refractivity contribution is 0.626. The lowest BCUT2D eigenvalue weighted by Crippen LogP contribution is -2.20. The Morgan fingerprint density at radius 2 is 1.92 bits per heavy atom. The molecule has 0 saturated heterocycles. The van der Waals surface area contributed by atoms with Gasteiger partial charge in [0.05, 0.1) is 5.69 Å². The van der Waals surface area contributed by atoms with Crippen LogP contribution in [-0.4, -0.2) is 19.2 Å². The van der Waals surface area contributed by atoms with Gasteiger partial charge in [0.2, 0.25) is 5.65 Å². The van der Waals surface area contributed by atoms with Gasteiger partial charge in [0, 0.05) is 23.2 Å². The second kappa shape index (κ2) is 6.93. The average Bonchev–Trinajstić information content (AvgIpc) is 3.05. The Labute approximate surface area is 157 Å². The molecule has 0 fully saturated rings. The van der Waals surface area contributed by atoms with Gasteiger partial charge in [0.15, 0.2) is 5.16 Å². The molecule has 2 aromatic heterocycles. The van der Waals surface area contributed by atoms with E-state index in [-0.39, 0.29) is 11.2 Å². The number of benzene rings is 2. The minimum atomic E-state index is -0.410. The number of thioether (sulfide) groups is 1. The van der Waals surface area contributed by atoms with Crippen LogP contribution in [0.15, 0.2) is 70.9 Å². The summed E-state index contributed by atoms with van der Waals surface area (Å²) in [6.45, 7) is 0. The molecule has 0 bridgehead atoms. The number of hydrogen-bond donors (Lipinski definition) is 0. The van der Waals surface area contributed by atoms with Crippen LogP contribution in [0.4, 0.5) is 4.39 Å². The SMILES string of the molecule is O=c1c2nnc(SCc3ccccc3Cl)n2ccn1-c1cccc(F)c1. The first kappa shape index (κ1) is 16.8. The summed E-state index contributed by atoms with van der Waals surface area (Å²) in [5.74, 6) is 0.194. The summed E-state index contributed by atoms with van der Waals surface area (Å²) in [5, 5.41) is 9.36. The van der Waals surface area contributed by atoms with Crippen molar-refractivity contribution in [3.63, 3.8) is 0 Å². The van der Waals surface area contributed by atoms with Crippen molar-refractivity contribution < 1.29 is 4.39 Å². The van der Waals surface area contributed by atoms with Gasteiger partial charge in [-0.1, -0.05) is 47.6 Å². The zero-order chi connectivity index (χ0) is 18.1. The molecule has 0 atom stereocenters. The Hall–Kier alpha value is -2.64. The topological polar surface area (TPSA) is 52.2 Å². The predicted octanol–water partition coefficient (Wildman–Crippen LogP) is 3.97. The molecule has 5 nitrogen and oxygen atoms in total. The second-order valence-corrected chi connectivity index (χ2v) is 6.86. The zero-order valence-electron chi connectivity index (χ0n) is 13.3. The molecule has 0 aliphatic rings. The number of hydrogen-bond acceptors (Lipinski definition) is 4. The van der Waals surface area contributed by atoms with Crippen molar-refractivity contribution in [3.05, 3.63) is 87.7 Å². The molecule has 0 unspecified atom stereocenters. The van der Waals surface area contributed by atoms with Crippen molar-refractivity contribution in [3.8, 4) is 5.69 Å². The van der Waals surface area contributed by atoms with E-state index in [1.165, 1.54) is 28.5 Å². The normalized spacial score (nSPS) is 11.2. The van der Waals surface area contributed by atoms with Crippen molar-refractivity contribution in [2.45, 2.75) is 10.9 Å². The molecule has 4 aromatic rings. The number of aromatic nitrogens is 4. The average molecular weight is 387 g/mol. The van der Waals surface area contributed by atoms with Crippen LogP contribution in [0, 0.1) is 5.82 Å². The minimum absolute atomic E-state index is 0.179. The fraction of sp³-hybridized carbons (Fsp3) is 0.0556. The van der Waals surface area contributed by atoms with E-state index in [0.29, 0.717) is 21.6 Å². The lowest BCUT2D eigenvalue weighted by Gasteiger charge is -2.06. The van der Waals surface area contributed by atoms with Crippen LogP contribution in [0.5, 0.6) is 0 Å². The van der Waals surface area contributed by atoms with Gasteiger partial charge in [-0.25, -0.2) is 4.39 Å². The summed E-state index contributed by atoms with van der Waals surface area (Å²) in [6.07, 6.45) is 3.27. The van der Waals surface area contributed by atoms with Crippen molar-refractivity contribution in [1.29, 1.82) is 0 Å². The number of rotatable bonds is 4. The summed E-state index contributed by atoms with van der Waals surface area (Å²) in [5.41, 5.74) is 1.23. The molecule has 26 heavy (non-hydrogen) atoms. The van der Waals surface area contributed by atoms with Crippen LogP contribution in [0.3, 0.4) is 0 Å². The largest absolute Gasteiger partial charge is 0.300 e. The van der Waals surface area contributed by atoms with E-state index >= 15 is 0 Å². The summed E-state index contributed by atoms with van der Waals surface area (Å²) >= 11 is 7.60. The van der Waals surface area contributed by atoms with E-state index < -0.39 is 5.82 Å². The summed E-state index contributed by atoms with van der Waals surface area (Å²) in [7, 11) is 0. The third-order valence-corrected chi connectivity index (χ3v) is 5.20. The van der Waals surface area contributed by atoms with Gasteiger partial charge in [-0.15, -0.1) is 10.2 Å². The van der Waals surface area contributed by atoms with Crippen molar-refractivity contribution in [2.75, 3.05) is 0 Å². The Morgan fingerprint density at radius 3 is 2.73 bits per heavy atom. The zero-order valence-corrected chi connectivity index (χ0v) is 14.9. The molecule has 0 saturated carbocycles. The van der Waals surface area contributed by atoms with Crippen molar-refractivity contribution in [1.82, 2.24) is 19.2 Å². The van der Waals surface area contributed by atoms with E-state index in [1.54, 1.807) is 28.9 Å². The Kier molecular flexibility index (Phi) is 4.48. The smallest absolute Gasteiger partial charge is 0.279 e. The van der Waals surface area contributed by atoms with Crippen LogP contribution in [0.2, 0.25) is 5.02 Å². The minimum Gasteiger partial charge on any atom is -0.279 e. The fourth-order valence-corrected chi connectivity index (χ4v) is 3.75. The predicted molar refractivity (Wildman–Crippen MR) is 99.6 cm³/mol. The third kappa shape index (κ3) is 3.11. The summed E-state index contributed by atoms with van der Waals surface area (Å²) in [4.78, 5) is 12.7. The van der Waals surface area contributed by atoms with Crippen LogP contribution in [0.25, 0.3) is 11.3 Å². The molecule has 0 spiro atoms. The first-order valence-corrected chi connectivity index (χ1v) is 9.08. The van der Waals surface area contributed by atoms with Gasteiger partial charge in [-0.2, -0.15) is 0 Å². The van der Waals surface area contributed by atoms with Gasteiger partial charge in [-0.3, -0.25) is 13.8 Å². The van der Waals surface area contributed by atoms with E-state index in [0.717, 1.165) is 5.56 Å². The van der Waals surface area contributed by atoms with E-state index in [4.69, 9.17) is 11.6 Å². The first-order valence-electron chi connectivity index (χ1n) is 7.72. The van der Waals surface area contributed by atoms with Crippen LogP contribution in [-0.2, 0) is 5.75 Å². The Morgan fingerprint density at radius 1 is 1.08 bits per heavy atom. The number of fused-ring (bicyclic) bond motifs is 1. The molecule has 130 valence electrons. The van der Waals surface area contributed by atoms with Crippen molar-refractivity contribution >= 4 is 29.0 Å². The van der Waals surface area contributed by atoms with E-state index in [2.05, 4.69) is 10.2 Å². The molecular formula is C18H12ClFN4OS. The van der Waals surface area contributed by atoms with Crippen LogP contribution in [0.1, 0.15) is 5.56 Å². The summed E-state index contributed by atoms with van der Waals surface area (Å²) < 4.78 is 16.4. The van der Waals surface area contributed by atoms with Gasteiger partial charge >= 0.3 is 5.56 Å². The molecule has 0 aliphatic carbocycles. The lowest BCUT2D eigenvalue weighted by atomic mass is 10.2. The third-order valence-electron chi connectivity index (χ3n) is 3.84. The molecule has 0 radical (unpaired) electrons. The fourth-order valence-electron chi connectivity index (χ4n) is 2.55. The van der Waals surface area contributed by atoms with Crippen LogP contribution < -0.4 is 5.56 Å². The van der Waals surface area contributed by atoms with Gasteiger partial charge < -0.3 is 0 Å². The monoisotopic (exact) mass is 386 g/mol. The maximum atomic E-state index is 13.4. The maximum absolute atomic E-state index is 13.4. The summed E-state index contributed by atoms with van der Waals surface area (Å²) in [6, 6.07) is 13.4. The van der Waals surface area contributed by atoms with E-state index in [9.17, 15) is 9.18 Å². The van der Waals surface area contributed by atoms with Crippen LogP contribution >= 0.6 is 23.4 Å². The van der Waals surface area contributed by atoms with Gasteiger partial charge in [0.25, 0.3) is 0 Å². The second-order valence-electron chi connectivity index (χ2n) is 5.51. The standard InChI is InChI=1S/C18H12ClFN4OS/c19-15-7-2-1-4-12(15)11-26-18-22-21-16-17(25)23(8-9-24(16)18)14-6-3-5-13(20)10-14/h1-10H,11H2. The van der Waals surface area contributed by atoms with Gasteiger partial charge in [0.1, 0.15) is 5.82 Å². The molecule has 0 amide bonds. The molecule has 2 heterocycles. The number of halogens is 2. The first-order chi connectivity index (χ1) is 12.6. The molecule has 0 N–H and O–H groups in total. The highest BCUT2D eigenvalue weighted by Gasteiger charge is 2.13. The highest BCUT2D eigenvalue weighted by molar-refractivity contribution is 7.98. The maximum Gasteiger partial charge on any atom is 0.300 e. The Balaban J connectivity index is 1.68. The highest BCUT2D eigenvalue weighted by Crippen LogP contribution is 2.25.